The second-order valence-corrected chi connectivity index (χ2v) is 8.88. The van der Waals surface area contributed by atoms with Crippen molar-refractivity contribution >= 4 is 50.7 Å². The van der Waals surface area contributed by atoms with E-state index in [4.69, 9.17) is 9.51 Å². The Balaban J connectivity index is 1.44. The number of thioether (sulfide) groups is 1. The molecule has 0 aliphatic heterocycles. The van der Waals surface area contributed by atoms with Gasteiger partial charge in [-0.15, -0.1) is 21.5 Å². The van der Waals surface area contributed by atoms with Gasteiger partial charge in [-0.05, 0) is 45.1 Å². The van der Waals surface area contributed by atoms with Gasteiger partial charge in [0.2, 0.25) is 5.91 Å². The van der Waals surface area contributed by atoms with Crippen molar-refractivity contribution in [1.29, 1.82) is 0 Å². The summed E-state index contributed by atoms with van der Waals surface area (Å²) in [6.45, 7) is 3.73. The molecule has 1 N–H and O–H groups in total. The van der Waals surface area contributed by atoms with Crippen LogP contribution < -0.4 is 5.32 Å². The van der Waals surface area contributed by atoms with Crippen LogP contribution in [-0.4, -0.2) is 36.4 Å². The van der Waals surface area contributed by atoms with Gasteiger partial charge in [0.05, 0.1) is 11.1 Å². The SMILES string of the molecule is Cc1cc(NC(=O)CSc2nnc3c4c5c(sc4nc(C)n23)CCCC5)no1. The first-order valence-electron chi connectivity index (χ1n) is 9.12. The van der Waals surface area contributed by atoms with Gasteiger partial charge in [-0.2, -0.15) is 0 Å². The van der Waals surface area contributed by atoms with Gasteiger partial charge in [-0.1, -0.05) is 16.9 Å². The van der Waals surface area contributed by atoms with Crippen molar-refractivity contribution in [3.8, 4) is 0 Å². The maximum absolute atomic E-state index is 12.2. The third kappa shape index (κ3) is 2.96. The summed E-state index contributed by atoms with van der Waals surface area (Å²) in [6.07, 6.45) is 4.64. The molecule has 0 spiro atoms. The molecule has 4 aromatic rings. The van der Waals surface area contributed by atoms with Crippen molar-refractivity contribution in [3.63, 3.8) is 0 Å². The molecular formula is C18H18N6O2S2. The molecule has 10 heteroatoms. The molecule has 28 heavy (non-hydrogen) atoms. The fraction of sp³-hybridized carbons (Fsp3) is 0.389. The van der Waals surface area contributed by atoms with Gasteiger partial charge >= 0.3 is 0 Å². The minimum Gasteiger partial charge on any atom is -0.360 e. The Labute approximate surface area is 168 Å². The van der Waals surface area contributed by atoms with Gasteiger partial charge in [0.25, 0.3) is 0 Å². The Kier molecular flexibility index (Phi) is 4.31. The zero-order chi connectivity index (χ0) is 19.3. The predicted octanol–water partition coefficient (Wildman–Crippen LogP) is 3.55. The van der Waals surface area contributed by atoms with E-state index in [-0.39, 0.29) is 11.7 Å². The minimum absolute atomic E-state index is 0.172. The Hall–Kier alpha value is -2.46. The fourth-order valence-corrected chi connectivity index (χ4v) is 5.69. The Bertz CT molecular complexity index is 1210. The van der Waals surface area contributed by atoms with Crippen LogP contribution in [0.5, 0.6) is 0 Å². The number of nitrogens with zero attached hydrogens (tertiary/aromatic N) is 5. The number of carbonyl (C=O) groups is 1. The van der Waals surface area contributed by atoms with E-state index in [1.807, 2.05) is 11.3 Å². The van der Waals surface area contributed by atoms with E-state index in [0.29, 0.717) is 16.7 Å². The van der Waals surface area contributed by atoms with Gasteiger partial charge in [-0.25, -0.2) is 4.98 Å². The number of anilines is 1. The number of hydrogen-bond donors (Lipinski definition) is 1. The summed E-state index contributed by atoms with van der Waals surface area (Å²) in [5.41, 5.74) is 2.23. The molecule has 0 aromatic carbocycles. The summed E-state index contributed by atoms with van der Waals surface area (Å²) in [5, 5.41) is 17.1. The van der Waals surface area contributed by atoms with E-state index in [9.17, 15) is 4.79 Å². The summed E-state index contributed by atoms with van der Waals surface area (Å²) < 4.78 is 6.92. The van der Waals surface area contributed by atoms with Crippen molar-refractivity contribution in [2.75, 3.05) is 11.1 Å². The number of aromatic nitrogens is 5. The summed E-state index contributed by atoms with van der Waals surface area (Å²) in [6, 6.07) is 1.68. The van der Waals surface area contributed by atoms with Crippen molar-refractivity contribution in [3.05, 3.63) is 28.1 Å². The highest BCUT2D eigenvalue weighted by molar-refractivity contribution is 7.99. The number of thiophene rings is 1. The topological polar surface area (TPSA) is 98.2 Å². The quantitative estimate of drug-likeness (QED) is 0.510. The van der Waals surface area contributed by atoms with Crippen LogP contribution in [0.25, 0.3) is 15.9 Å². The molecular weight excluding hydrogens is 396 g/mol. The van der Waals surface area contributed by atoms with Gasteiger partial charge in [-0.3, -0.25) is 9.20 Å². The predicted molar refractivity (Wildman–Crippen MR) is 108 cm³/mol. The minimum atomic E-state index is -0.172. The fourth-order valence-electron chi connectivity index (χ4n) is 3.61. The average molecular weight is 415 g/mol. The Morgan fingerprint density at radius 1 is 1.32 bits per heavy atom. The highest BCUT2D eigenvalue weighted by atomic mass is 32.2. The van der Waals surface area contributed by atoms with Crippen LogP contribution in [0.4, 0.5) is 5.82 Å². The van der Waals surface area contributed by atoms with Gasteiger partial charge in [0.15, 0.2) is 16.6 Å². The second-order valence-electron chi connectivity index (χ2n) is 6.85. The molecule has 4 aromatic heterocycles. The number of fused-ring (bicyclic) bond motifs is 5. The molecule has 0 saturated heterocycles. The van der Waals surface area contributed by atoms with Crippen molar-refractivity contribution in [2.24, 2.45) is 0 Å². The molecule has 4 heterocycles. The average Bonchev–Trinajstić information content (AvgIpc) is 3.36. The first-order valence-corrected chi connectivity index (χ1v) is 10.9. The highest BCUT2D eigenvalue weighted by Gasteiger charge is 2.22. The monoisotopic (exact) mass is 414 g/mol. The number of rotatable bonds is 4. The summed E-state index contributed by atoms with van der Waals surface area (Å²) >= 11 is 3.12. The van der Waals surface area contributed by atoms with Crippen molar-refractivity contribution < 1.29 is 9.32 Å². The number of aryl methyl sites for hydroxylation is 4. The number of nitrogens with one attached hydrogen (secondary N) is 1. The van der Waals surface area contributed by atoms with Crippen LogP contribution in [-0.2, 0) is 17.6 Å². The molecule has 1 amide bonds. The summed E-state index contributed by atoms with van der Waals surface area (Å²) in [7, 11) is 0. The van der Waals surface area contributed by atoms with E-state index < -0.39 is 0 Å². The molecule has 0 radical (unpaired) electrons. The molecule has 0 bridgehead atoms. The zero-order valence-corrected chi connectivity index (χ0v) is 17.1. The molecule has 0 fully saturated rings. The van der Waals surface area contributed by atoms with Crippen LogP contribution in [0.3, 0.4) is 0 Å². The van der Waals surface area contributed by atoms with Crippen LogP contribution in [0.1, 0.15) is 34.9 Å². The molecule has 8 nitrogen and oxygen atoms in total. The van der Waals surface area contributed by atoms with Gasteiger partial charge < -0.3 is 9.84 Å². The number of hydrogen-bond acceptors (Lipinski definition) is 8. The lowest BCUT2D eigenvalue weighted by atomic mass is 9.97. The molecule has 5 rings (SSSR count). The normalized spacial score (nSPS) is 13.9. The van der Waals surface area contributed by atoms with Crippen LogP contribution >= 0.6 is 23.1 Å². The maximum atomic E-state index is 12.2. The highest BCUT2D eigenvalue weighted by Crippen LogP contribution is 2.38. The van der Waals surface area contributed by atoms with Crippen molar-refractivity contribution in [1.82, 2.24) is 24.7 Å². The smallest absolute Gasteiger partial charge is 0.236 e. The third-order valence-electron chi connectivity index (χ3n) is 4.82. The van der Waals surface area contributed by atoms with Crippen LogP contribution in [0, 0.1) is 13.8 Å². The van der Waals surface area contributed by atoms with E-state index in [2.05, 4.69) is 20.7 Å². The number of amides is 1. The van der Waals surface area contributed by atoms with E-state index >= 15 is 0 Å². The molecule has 144 valence electrons. The standard InChI is InChI=1S/C18H18N6O2S2/c1-9-7-13(23-26-9)20-14(25)8-27-18-22-21-16-15-11-5-3-4-6-12(11)28-17(15)19-10(2)24(16)18/h7H,3-6,8H2,1-2H3,(H,20,23,25). The van der Waals surface area contributed by atoms with E-state index in [1.54, 1.807) is 24.3 Å². The third-order valence-corrected chi connectivity index (χ3v) is 6.94. The molecule has 1 aliphatic carbocycles. The molecule has 0 saturated carbocycles. The van der Waals surface area contributed by atoms with Gasteiger partial charge in [0.1, 0.15) is 16.4 Å². The van der Waals surface area contributed by atoms with Crippen molar-refractivity contribution in [2.45, 2.75) is 44.7 Å². The number of carbonyl (C=O) groups excluding carboxylic acids is 1. The maximum Gasteiger partial charge on any atom is 0.236 e. The van der Waals surface area contributed by atoms with E-state index in [0.717, 1.165) is 34.5 Å². The lowest BCUT2D eigenvalue weighted by Gasteiger charge is -2.10. The molecule has 1 aliphatic rings. The lowest BCUT2D eigenvalue weighted by Crippen LogP contribution is -2.14. The summed E-state index contributed by atoms with van der Waals surface area (Å²) in [5.74, 6) is 1.93. The first kappa shape index (κ1) is 17.6. The Morgan fingerprint density at radius 3 is 3.00 bits per heavy atom. The molecule has 0 unspecified atom stereocenters. The van der Waals surface area contributed by atoms with Crippen LogP contribution in [0.15, 0.2) is 15.7 Å². The lowest BCUT2D eigenvalue weighted by molar-refractivity contribution is -0.113. The van der Waals surface area contributed by atoms with Crippen LogP contribution in [0.2, 0.25) is 0 Å². The zero-order valence-electron chi connectivity index (χ0n) is 15.5. The largest absolute Gasteiger partial charge is 0.360 e. The summed E-state index contributed by atoms with van der Waals surface area (Å²) in [4.78, 5) is 19.5. The van der Waals surface area contributed by atoms with E-state index in [1.165, 1.54) is 35.0 Å². The molecule has 0 atom stereocenters. The second kappa shape index (κ2) is 6.85. The first-order chi connectivity index (χ1) is 13.6. The Morgan fingerprint density at radius 2 is 2.18 bits per heavy atom. The van der Waals surface area contributed by atoms with Gasteiger partial charge in [0, 0.05) is 10.9 Å².